The Morgan fingerprint density at radius 1 is 1.08 bits per heavy atom. The van der Waals surface area contributed by atoms with Crippen molar-refractivity contribution in [2.24, 2.45) is 5.92 Å². The highest BCUT2D eigenvalue weighted by Crippen LogP contribution is 2.40. The minimum Gasteiger partial charge on any atom is -0.445 e. The number of hydrogen-bond acceptors (Lipinski definition) is 4. The van der Waals surface area contributed by atoms with Crippen molar-refractivity contribution in [1.29, 1.82) is 0 Å². The van der Waals surface area contributed by atoms with Crippen molar-refractivity contribution in [1.82, 2.24) is 4.90 Å². The van der Waals surface area contributed by atoms with Crippen molar-refractivity contribution in [3.05, 3.63) is 35.9 Å². The Kier molecular flexibility index (Phi) is 6.67. The van der Waals surface area contributed by atoms with E-state index in [9.17, 15) is 9.59 Å². The molecule has 3 rings (SSSR count). The van der Waals surface area contributed by atoms with Crippen LogP contribution in [0.2, 0.25) is 0 Å². The molecule has 1 amide bonds. The predicted octanol–water partition coefficient (Wildman–Crippen LogP) is 3.95. The monoisotopic (exact) mass is 359 g/mol. The maximum atomic E-state index is 12.6. The average Bonchev–Trinajstić information content (AvgIpc) is 2.93. The molecule has 2 fully saturated rings. The number of ether oxygens (including phenoxy) is 2. The van der Waals surface area contributed by atoms with Gasteiger partial charge in [-0.1, -0.05) is 30.3 Å². The van der Waals surface area contributed by atoms with Gasteiger partial charge in [0.15, 0.2) is 0 Å². The molecule has 2 saturated heterocycles. The van der Waals surface area contributed by atoms with E-state index in [1.54, 1.807) is 7.11 Å². The maximum absolute atomic E-state index is 12.6. The molecule has 5 heteroatoms. The molecule has 0 radical (unpaired) electrons. The van der Waals surface area contributed by atoms with Gasteiger partial charge in [0.05, 0.1) is 0 Å². The lowest BCUT2D eigenvalue weighted by molar-refractivity contribution is -0.125. The number of fused-ring (bicyclic) bond motifs is 2. The Morgan fingerprint density at radius 3 is 2.42 bits per heavy atom. The summed E-state index contributed by atoms with van der Waals surface area (Å²) in [4.78, 5) is 26.9. The summed E-state index contributed by atoms with van der Waals surface area (Å²) in [5, 5.41) is 0. The third kappa shape index (κ3) is 4.64. The van der Waals surface area contributed by atoms with Gasteiger partial charge in [-0.05, 0) is 44.1 Å². The topological polar surface area (TPSA) is 55.8 Å². The summed E-state index contributed by atoms with van der Waals surface area (Å²) in [6.45, 7) is 1.02. The predicted molar refractivity (Wildman–Crippen MR) is 98.7 cm³/mol. The first-order chi connectivity index (χ1) is 12.7. The van der Waals surface area contributed by atoms with E-state index in [2.05, 4.69) is 0 Å². The van der Waals surface area contributed by atoms with E-state index in [4.69, 9.17) is 9.47 Å². The summed E-state index contributed by atoms with van der Waals surface area (Å²) >= 11 is 0. The minimum absolute atomic E-state index is 0.105. The van der Waals surface area contributed by atoms with Crippen LogP contribution < -0.4 is 0 Å². The van der Waals surface area contributed by atoms with Crippen LogP contribution in [0.4, 0.5) is 4.79 Å². The molecule has 2 bridgehead atoms. The van der Waals surface area contributed by atoms with Gasteiger partial charge < -0.3 is 14.4 Å². The highest BCUT2D eigenvalue weighted by molar-refractivity contribution is 5.81. The summed E-state index contributed by atoms with van der Waals surface area (Å²) in [5.74, 6) is 0.462. The first-order valence-corrected chi connectivity index (χ1v) is 9.69. The van der Waals surface area contributed by atoms with Crippen LogP contribution in [-0.4, -0.2) is 42.6 Å². The van der Waals surface area contributed by atoms with Crippen LogP contribution in [0.1, 0.15) is 50.5 Å². The molecule has 0 spiro atoms. The third-order valence-corrected chi connectivity index (χ3v) is 5.63. The van der Waals surface area contributed by atoms with E-state index in [0.717, 1.165) is 44.1 Å². The van der Waals surface area contributed by atoms with Crippen LogP contribution in [0.3, 0.4) is 0 Å². The van der Waals surface area contributed by atoms with E-state index in [1.165, 1.54) is 0 Å². The van der Waals surface area contributed by atoms with Crippen molar-refractivity contribution >= 4 is 11.9 Å². The molecular formula is C21H29NO4. The SMILES string of the molecule is COCCCCC(=O)C1CC2CCC(C1)N2C(=O)OCc1ccccc1. The first kappa shape index (κ1) is 18.9. The van der Waals surface area contributed by atoms with Crippen molar-refractivity contribution in [2.45, 2.75) is 63.6 Å². The number of Topliss-reactive ketones (excluding diaryl/α,β-unsaturated/α-hetero) is 1. The van der Waals surface area contributed by atoms with Crippen molar-refractivity contribution < 1.29 is 19.1 Å². The molecule has 2 unspecified atom stereocenters. The van der Waals surface area contributed by atoms with Crippen LogP contribution in [0.5, 0.6) is 0 Å². The second-order valence-corrected chi connectivity index (χ2v) is 7.42. The number of nitrogens with zero attached hydrogens (tertiary/aromatic N) is 1. The van der Waals surface area contributed by atoms with Gasteiger partial charge in [-0.2, -0.15) is 0 Å². The van der Waals surface area contributed by atoms with Crippen molar-refractivity contribution in [2.75, 3.05) is 13.7 Å². The Labute approximate surface area is 155 Å². The molecule has 2 aliphatic rings. The molecule has 1 aromatic rings. The van der Waals surface area contributed by atoms with Gasteiger partial charge in [-0.15, -0.1) is 0 Å². The smallest absolute Gasteiger partial charge is 0.410 e. The number of unbranched alkanes of at least 4 members (excludes halogenated alkanes) is 1. The second-order valence-electron chi connectivity index (χ2n) is 7.42. The molecule has 0 N–H and O–H groups in total. The zero-order valence-corrected chi connectivity index (χ0v) is 15.6. The number of piperidine rings is 1. The molecular weight excluding hydrogens is 330 g/mol. The van der Waals surface area contributed by atoms with Gasteiger partial charge in [0.2, 0.25) is 0 Å². The van der Waals surface area contributed by atoms with E-state index in [0.29, 0.717) is 25.4 Å². The highest BCUT2D eigenvalue weighted by Gasteiger charge is 2.45. The van der Waals surface area contributed by atoms with E-state index < -0.39 is 0 Å². The molecule has 5 nitrogen and oxygen atoms in total. The number of carbonyl (C=O) groups is 2. The van der Waals surface area contributed by atoms with Gasteiger partial charge in [-0.25, -0.2) is 4.79 Å². The van der Waals surface area contributed by atoms with Crippen LogP contribution in [0.25, 0.3) is 0 Å². The molecule has 26 heavy (non-hydrogen) atoms. The second kappa shape index (κ2) is 9.17. The Morgan fingerprint density at radius 2 is 1.77 bits per heavy atom. The van der Waals surface area contributed by atoms with E-state index in [-0.39, 0.29) is 24.1 Å². The lowest BCUT2D eigenvalue weighted by atomic mass is 9.86. The Bertz CT molecular complexity index is 589. The van der Waals surface area contributed by atoms with Gasteiger partial charge in [0, 0.05) is 38.1 Å². The quantitative estimate of drug-likeness (QED) is 0.660. The van der Waals surface area contributed by atoms with Crippen molar-refractivity contribution in [3.63, 3.8) is 0 Å². The number of amides is 1. The van der Waals surface area contributed by atoms with Crippen LogP contribution >= 0.6 is 0 Å². The summed E-state index contributed by atoms with van der Waals surface area (Å²) in [7, 11) is 1.69. The molecule has 0 aliphatic carbocycles. The largest absolute Gasteiger partial charge is 0.445 e. The van der Waals surface area contributed by atoms with Crippen LogP contribution in [-0.2, 0) is 20.9 Å². The zero-order chi connectivity index (χ0) is 18.4. The lowest BCUT2D eigenvalue weighted by Gasteiger charge is -2.37. The molecule has 2 aliphatic heterocycles. The fourth-order valence-corrected chi connectivity index (χ4v) is 4.28. The summed E-state index contributed by atoms with van der Waals surface area (Å²) < 4.78 is 10.6. The van der Waals surface area contributed by atoms with E-state index >= 15 is 0 Å². The lowest BCUT2D eigenvalue weighted by Crippen LogP contribution is -2.48. The number of carbonyl (C=O) groups excluding carboxylic acids is 2. The van der Waals surface area contributed by atoms with Gasteiger partial charge in [0.25, 0.3) is 0 Å². The average molecular weight is 359 g/mol. The van der Waals surface area contributed by atoms with Gasteiger partial charge in [-0.3, -0.25) is 4.79 Å². The van der Waals surface area contributed by atoms with E-state index in [1.807, 2.05) is 35.2 Å². The zero-order valence-electron chi connectivity index (χ0n) is 15.6. The third-order valence-electron chi connectivity index (χ3n) is 5.63. The Balaban J connectivity index is 1.48. The molecule has 2 atom stereocenters. The summed E-state index contributed by atoms with van der Waals surface area (Å²) in [6, 6.07) is 10.1. The fourth-order valence-electron chi connectivity index (χ4n) is 4.28. The van der Waals surface area contributed by atoms with Crippen LogP contribution in [0, 0.1) is 5.92 Å². The number of hydrogen-bond donors (Lipinski definition) is 0. The van der Waals surface area contributed by atoms with Gasteiger partial charge >= 0.3 is 6.09 Å². The highest BCUT2D eigenvalue weighted by atomic mass is 16.6. The summed E-state index contributed by atoms with van der Waals surface area (Å²) in [5.41, 5.74) is 0.995. The fraction of sp³-hybridized carbons (Fsp3) is 0.619. The number of methoxy groups -OCH3 is 1. The molecule has 142 valence electrons. The number of rotatable bonds is 8. The molecule has 1 aromatic carbocycles. The van der Waals surface area contributed by atoms with Crippen molar-refractivity contribution in [3.8, 4) is 0 Å². The molecule has 0 saturated carbocycles. The number of benzene rings is 1. The normalized spacial score (nSPS) is 24.5. The van der Waals surface area contributed by atoms with Gasteiger partial charge in [0.1, 0.15) is 12.4 Å². The molecule has 0 aromatic heterocycles. The number of ketones is 1. The minimum atomic E-state index is -0.229. The first-order valence-electron chi connectivity index (χ1n) is 9.69. The Hall–Kier alpha value is -1.88. The molecule has 2 heterocycles. The maximum Gasteiger partial charge on any atom is 0.410 e. The van der Waals surface area contributed by atoms with Crippen LogP contribution in [0.15, 0.2) is 30.3 Å². The standard InChI is InChI=1S/C21H29NO4/c1-25-12-6-5-9-20(23)17-13-18-10-11-19(14-17)22(18)21(24)26-15-16-7-3-2-4-8-16/h2-4,7-8,17-19H,5-6,9-15H2,1H3. The summed E-state index contributed by atoms with van der Waals surface area (Å²) in [6.07, 6.45) is 5.77.